The fourth-order valence-corrected chi connectivity index (χ4v) is 4.70. The predicted molar refractivity (Wildman–Crippen MR) is 126 cm³/mol. The van der Waals surface area contributed by atoms with Crippen molar-refractivity contribution in [2.24, 2.45) is 0 Å². The third kappa shape index (κ3) is 6.79. The number of sulfonamides is 1. The molecule has 0 heterocycles. The molecule has 33 heavy (non-hydrogen) atoms. The highest BCUT2D eigenvalue weighted by Crippen LogP contribution is 2.25. The molecule has 174 valence electrons. The zero-order valence-corrected chi connectivity index (χ0v) is 19.2. The van der Waals surface area contributed by atoms with Crippen LogP contribution in [0.5, 0.6) is 5.75 Å². The van der Waals surface area contributed by atoms with Gasteiger partial charge in [0.15, 0.2) is 0 Å². The number of amides is 1. The summed E-state index contributed by atoms with van der Waals surface area (Å²) in [6.07, 6.45) is 1.52. The summed E-state index contributed by atoms with van der Waals surface area (Å²) in [5, 5.41) is 2.77. The van der Waals surface area contributed by atoms with E-state index in [1.54, 1.807) is 12.1 Å². The van der Waals surface area contributed by atoms with E-state index < -0.39 is 28.3 Å². The van der Waals surface area contributed by atoms with E-state index in [4.69, 9.17) is 4.74 Å². The monoisotopic (exact) mass is 470 g/mol. The van der Waals surface area contributed by atoms with Crippen molar-refractivity contribution in [3.05, 3.63) is 90.2 Å². The second-order valence-electron chi connectivity index (χ2n) is 7.33. The fourth-order valence-electron chi connectivity index (χ4n) is 3.28. The number of nitrogens with one attached hydrogen (secondary N) is 1. The number of halogens is 1. The lowest BCUT2D eigenvalue weighted by molar-refractivity contribution is -0.119. The molecule has 0 unspecified atom stereocenters. The average molecular weight is 471 g/mol. The molecule has 0 spiro atoms. The Hall–Kier alpha value is -3.39. The zero-order chi connectivity index (χ0) is 23.7. The molecule has 0 saturated carbocycles. The van der Waals surface area contributed by atoms with Crippen LogP contribution in [0.3, 0.4) is 0 Å². The van der Waals surface area contributed by atoms with Gasteiger partial charge >= 0.3 is 0 Å². The molecule has 0 fully saturated rings. The second-order valence-corrected chi connectivity index (χ2v) is 9.19. The highest BCUT2D eigenvalue weighted by Gasteiger charge is 2.27. The molecule has 6 nitrogen and oxygen atoms in total. The topological polar surface area (TPSA) is 75.7 Å². The van der Waals surface area contributed by atoms with Crippen molar-refractivity contribution in [1.82, 2.24) is 5.32 Å². The molecule has 1 amide bonds. The van der Waals surface area contributed by atoms with Crippen LogP contribution in [0.4, 0.5) is 10.1 Å². The van der Waals surface area contributed by atoms with Gasteiger partial charge in [-0.2, -0.15) is 0 Å². The summed E-state index contributed by atoms with van der Waals surface area (Å²) in [7, 11) is -4.07. The van der Waals surface area contributed by atoms with Gasteiger partial charge in [-0.3, -0.25) is 9.10 Å². The van der Waals surface area contributed by atoms with Crippen LogP contribution in [0.2, 0.25) is 0 Å². The van der Waals surface area contributed by atoms with Gasteiger partial charge in [0.2, 0.25) is 5.91 Å². The number of benzene rings is 3. The molecule has 1 N–H and O–H groups in total. The smallest absolute Gasteiger partial charge is 0.264 e. The molecule has 0 radical (unpaired) electrons. The van der Waals surface area contributed by atoms with Crippen LogP contribution in [0, 0.1) is 5.82 Å². The molecule has 3 aromatic carbocycles. The van der Waals surface area contributed by atoms with Crippen LogP contribution in [0.1, 0.15) is 18.9 Å². The molecular weight excluding hydrogens is 443 g/mol. The van der Waals surface area contributed by atoms with Crippen LogP contribution in [0.25, 0.3) is 0 Å². The number of hydrogen-bond donors (Lipinski definition) is 1. The molecule has 0 aliphatic rings. The summed E-state index contributed by atoms with van der Waals surface area (Å²) >= 11 is 0. The molecular formula is C25H27FN2O4S. The third-order valence-electron chi connectivity index (χ3n) is 4.93. The van der Waals surface area contributed by atoms with Crippen LogP contribution < -0.4 is 14.4 Å². The van der Waals surface area contributed by atoms with Crippen LogP contribution in [0.15, 0.2) is 83.8 Å². The Morgan fingerprint density at radius 1 is 0.970 bits per heavy atom. The molecule has 8 heteroatoms. The summed E-state index contributed by atoms with van der Waals surface area (Å²) < 4.78 is 46.5. The normalized spacial score (nSPS) is 11.1. The van der Waals surface area contributed by atoms with Crippen molar-refractivity contribution < 1.29 is 22.3 Å². The van der Waals surface area contributed by atoms with Crippen molar-refractivity contribution in [3.8, 4) is 5.75 Å². The standard InChI is InChI=1S/C25H27FN2O4S/c1-2-32-23-14-16-24(17-15-23)33(30,31)28(22-12-10-21(26)11-13-22)19-25(29)27-18-6-9-20-7-4-3-5-8-20/h3-5,7-8,10-17H,2,6,9,18-19H2,1H3,(H,27,29). The number of nitrogens with zero attached hydrogens (tertiary/aromatic N) is 1. The lowest BCUT2D eigenvalue weighted by Gasteiger charge is -2.24. The first-order valence-corrected chi connectivity index (χ1v) is 12.2. The van der Waals surface area contributed by atoms with Crippen molar-refractivity contribution in [2.75, 3.05) is 24.0 Å². The summed E-state index contributed by atoms with van der Waals surface area (Å²) in [5.41, 5.74) is 1.36. The highest BCUT2D eigenvalue weighted by molar-refractivity contribution is 7.92. The van der Waals surface area contributed by atoms with Crippen molar-refractivity contribution in [2.45, 2.75) is 24.7 Å². The van der Waals surface area contributed by atoms with Crippen LogP contribution in [-0.2, 0) is 21.2 Å². The Bertz CT molecular complexity index is 1140. The molecule has 0 aliphatic carbocycles. The van der Waals surface area contributed by atoms with Gasteiger partial charge in [-0.05, 0) is 73.9 Å². The number of ether oxygens (including phenoxy) is 1. The predicted octanol–water partition coefficient (Wildman–Crippen LogP) is 4.17. The van der Waals surface area contributed by atoms with E-state index in [1.807, 2.05) is 37.3 Å². The lowest BCUT2D eigenvalue weighted by atomic mass is 10.1. The molecule has 0 saturated heterocycles. The summed E-state index contributed by atoms with van der Waals surface area (Å²) in [6, 6.07) is 20.9. The highest BCUT2D eigenvalue weighted by atomic mass is 32.2. The van der Waals surface area contributed by atoms with E-state index in [9.17, 15) is 17.6 Å². The second kappa shape index (κ2) is 11.5. The first kappa shape index (κ1) is 24.3. The Balaban J connectivity index is 1.72. The van der Waals surface area contributed by atoms with E-state index in [0.717, 1.165) is 34.8 Å². The molecule has 0 bridgehead atoms. The van der Waals surface area contributed by atoms with E-state index in [-0.39, 0.29) is 10.6 Å². The van der Waals surface area contributed by atoms with Crippen LogP contribution in [-0.4, -0.2) is 34.0 Å². The van der Waals surface area contributed by atoms with Gasteiger partial charge in [0.25, 0.3) is 10.0 Å². The number of carbonyl (C=O) groups is 1. The van der Waals surface area contributed by atoms with Crippen molar-refractivity contribution in [3.63, 3.8) is 0 Å². The molecule has 0 atom stereocenters. The van der Waals surface area contributed by atoms with Crippen molar-refractivity contribution in [1.29, 1.82) is 0 Å². The van der Waals surface area contributed by atoms with Gasteiger partial charge < -0.3 is 10.1 Å². The van der Waals surface area contributed by atoms with Gasteiger partial charge in [-0.25, -0.2) is 12.8 Å². The van der Waals surface area contributed by atoms with Gasteiger partial charge in [-0.15, -0.1) is 0 Å². The maximum absolute atomic E-state index is 13.4. The Morgan fingerprint density at radius 3 is 2.27 bits per heavy atom. The molecule has 3 rings (SSSR count). The minimum atomic E-state index is -4.07. The summed E-state index contributed by atoms with van der Waals surface area (Å²) in [4.78, 5) is 12.6. The van der Waals surface area contributed by atoms with Gasteiger partial charge in [0.05, 0.1) is 17.2 Å². The number of rotatable bonds is 11. The first-order chi connectivity index (χ1) is 15.9. The summed E-state index contributed by atoms with van der Waals surface area (Å²) in [6.45, 7) is 2.28. The molecule has 3 aromatic rings. The minimum Gasteiger partial charge on any atom is -0.494 e. The Morgan fingerprint density at radius 2 is 1.64 bits per heavy atom. The third-order valence-corrected chi connectivity index (χ3v) is 6.72. The average Bonchev–Trinajstić information content (AvgIpc) is 2.82. The quantitative estimate of drug-likeness (QED) is 0.427. The van der Waals surface area contributed by atoms with E-state index >= 15 is 0 Å². The SMILES string of the molecule is CCOc1ccc(S(=O)(=O)N(CC(=O)NCCCc2ccccc2)c2ccc(F)cc2)cc1. The largest absolute Gasteiger partial charge is 0.494 e. The maximum atomic E-state index is 13.4. The minimum absolute atomic E-state index is 0.00663. The van der Waals surface area contributed by atoms with E-state index in [0.29, 0.717) is 18.9 Å². The van der Waals surface area contributed by atoms with E-state index in [1.165, 1.54) is 24.3 Å². The van der Waals surface area contributed by atoms with E-state index in [2.05, 4.69) is 5.32 Å². The summed E-state index contributed by atoms with van der Waals surface area (Å²) in [5.74, 6) is -0.398. The molecule has 0 aromatic heterocycles. The Kier molecular flexibility index (Phi) is 8.43. The maximum Gasteiger partial charge on any atom is 0.264 e. The molecule has 0 aliphatic heterocycles. The number of aryl methyl sites for hydroxylation is 1. The van der Waals surface area contributed by atoms with Gasteiger partial charge in [-0.1, -0.05) is 30.3 Å². The Labute approximate surface area is 194 Å². The van der Waals surface area contributed by atoms with Crippen LogP contribution >= 0.6 is 0 Å². The first-order valence-electron chi connectivity index (χ1n) is 10.7. The van der Waals surface area contributed by atoms with Gasteiger partial charge in [0.1, 0.15) is 18.1 Å². The fraction of sp³-hybridized carbons (Fsp3) is 0.240. The lowest BCUT2D eigenvalue weighted by Crippen LogP contribution is -2.41. The van der Waals surface area contributed by atoms with Gasteiger partial charge in [0, 0.05) is 6.54 Å². The number of hydrogen-bond acceptors (Lipinski definition) is 4. The number of anilines is 1. The number of carbonyl (C=O) groups excluding carboxylic acids is 1. The zero-order valence-electron chi connectivity index (χ0n) is 18.4. The van der Waals surface area contributed by atoms with Crippen molar-refractivity contribution >= 4 is 21.6 Å².